The van der Waals surface area contributed by atoms with Crippen LogP contribution in [-0.2, 0) is 9.22 Å². The number of allylic oxidation sites excluding steroid dienone is 1. The molecule has 1 fully saturated rings. The van der Waals surface area contributed by atoms with Crippen LogP contribution >= 0.6 is 0 Å². The van der Waals surface area contributed by atoms with Crippen LogP contribution in [0, 0.1) is 5.92 Å². The second kappa shape index (κ2) is 7.34. The Balaban J connectivity index is 2.65. The van der Waals surface area contributed by atoms with E-state index in [-0.39, 0.29) is 11.1 Å². The van der Waals surface area contributed by atoms with Crippen LogP contribution in [0.1, 0.15) is 54.4 Å². The molecule has 2 aliphatic rings. The maximum absolute atomic E-state index is 13.1. The average Bonchev–Trinajstić information content (AvgIpc) is 2.91. The molecular weight excluding hydrogens is 483 g/mol. The standard InChI is InChI=1S/C20H37O2Si2.3CH3.Sn/c1-19(2,3)23(7,8)17-12-14-11-15(21)13-16(14)18(17)22-24(9,10)20(4,5)6;;;;/h14,17-18H,11-12H2,1-10H3;3*1H3;/t14-,17+,18+;;;;/m0..../s1. The Hall–Kier alpha value is 0.602. The van der Waals surface area contributed by atoms with Crippen LogP contribution in [0.2, 0.25) is 56.6 Å². The van der Waals surface area contributed by atoms with Gasteiger partial charge in [0.2, 0.25) is 0 Å². The third-order valence-electron chi connectivity index (χ3n) is 8.49. The van der Waals surface area contributed by atoms with Gasteiger partial charge in [0, 0.05) is 0 Å². The van der Waals surface area contributed by atoms with Gasteiger partial charge in [-0.1, -0.05) is 0 Å². The van der Waals surface area contributed by atoms with E-state index in [9.17, 15) is 4.79 Å². The first-order valence-electron chi connectivity index (χ1n) is 11.2. The summed E-state index contributed by atoms with van der Waals surface area (Å²) in [6.07, 6.45) is 2.15. The van der Waals surface area contributed by atoms with Crippen molar-refractivity contribution in [3.05, 3.63) is 9.16 Å². The Morgan fingerprint density at radius 1 is 0.929 bits per heavy atom. The van der Waals surface area contributed by atoms with Crippen LogP contribution in [0.15, 0.2) is 9.16 Å². The van der Waals surface area contributed by atoms with Gasteiger partial charge in [0.05, 0.1) is 0 Å². The second-order valence-electron chi connectivity index (χ2n) is 13.5. The molecular formula is C23H46O2Si2Sn. The van der Waals surface area contributed by atoms with Gasteiger partial charge in [-0.2, -0.15) is 0 Å². The van der Waals surface area contributed by atoms with Gasteiger partial charge in [0.15, 0.2) is 0 Å². The van der Waals surface area contributed by atoms with E-state index < -0.39 is 34.8 Å². The molecule has 0 aromatic heterocycles. The number of hydrogen-bond acceptors (Lipinski definition) is 2. The van der Waals surface area contributed by atoms with Gasteiger partial charge in [-0.3, -0.25) is 0 Å². The first-order chi connectivity index (χ1) is 12.2. The maximum atomic E-state index is 13.1. The number of carbonyl (C=O) groups excluding carboxylic acids is 1. The predicted molar refractivity (Wildman–Crippen MR) is 131 cm³/mol. The van der Waals surface area contributed by atoms with Crippen molar-refractivity contribution in [3.8, 4) is 0 Å². The molecule has 2 aliphatic carbocycles. The van der Waals surface area contributed by atoms with E-state index in [1.807, 2.05) is 0 Å². The van der Waals surface area contributed by atoms with E-state index in [0.29, 0.717) is 22.3 Å². The molecule has 2 nitrogen and oxygen atoms in total. The summed E-state index contributed by atoms with van der Waals surface area (Å²) >= 11 is -2.50. The number of hydrogen-bond donors (Lipinski definition) is 0. The van der Waals surface area contributed by atoms with E-state index in [0.717, 1.165) is 6.42 Å². The third kappa shape index (κ3) is 4.31. The molecule has 0 radical (unpaired) electrons. The Kier molecular flexibility index (Phi) is 6.52. The van der Waals surface area contributed by atoms with Crippen molar-refractivity contribution in [1.29, 1.82) is 0 Å². The van der Waals surface area contributed by atoms with Crippen LogP contribution in [-0.4, -0.2) is 46.7 Å². The van der Waals surface area contributed by atoms with Crippen LogP contribution in [0.4, 0.5) is 0 Å². The molecule has 0 aromatic rings. The Morgan fingerprint density at radius 2 is 1.43 bits per heavy atom. The monoisotopic (exact) mass is 530 g/mol. The van der Waals surface area contributed by atoms with Gasteiger partial charge >= 0.3 is 182 Å². The first-order valence-corrected chi connectivity index (χ1v) is 27.1. The molecule has 2 rings (SSSR count). The fourth-order valence-electron chi connectivity index (χ4n) is 4.75. The van der Waals surface area contributed by atoms with Gasteiger partial charge in [0.25, 0.3) is 0 Å². The number of carbonyl (C=O) groups is 1. The molecule has 5 heteroatoms. The predicted octanol–water partition coefficient (Wildman–Crippen LogP) is 7.42. The molecule has 0 N–H and O–H groups in total. The van der Waals surface area contributed by atoms with Crippen molar-refractivity contribution in [2.24, 2.45) is 5.92 Å². The summed E-state index contributed by atoms with van der Waals surface area (Å²) in [4.78, 5) is 20.3. The molecule has 0 amide bonds. The van der Waals surface area contributed by atoms with E-state index in [4.69, 9.17) is 4.43 Å². The molecule has 0 heterocycles. The summed E-state index contributed by atoms with van der Waals surface area (Å²) in [5.41, 5.74) is 2.12. The van der Waals surface area contributed by atoms with E-state index >= 15 is 0 Å². The molecule has 28 heavy (non-hydrogen) atoms. The summed E-state index contributed by atoms with van der Waals surface area (Å²) in [7, 11) is -3.52. The van der Waals surface area contributed by atoms with E-state index in [2.05, 4.69) is 82.5 Å². The first kappa shape index (κ1) is 24.9. The van der Waals surface area contributed by atoms with Crippen LogP contribution in [0.5, 0.6) is 0 Å². The third-order valence-corrected chi connectivity index (χ3v) is 25.1. The summed E-state index contributed by atoms with van der Waals surface area (Å²) in [6.45, 7) is 24.2. The number of Topliss-reactive ketones (excluding diaryl/α,β-unsaturated/α-hetero) is 1. The zero-order valence-corrected chi connectivity index (χ0v) is 25.8. The van der Waals surface area contributed by atoms with E-state index in [1.54, 1.807) is 0 Å². The number of ketones is 1. The van der Waals surface area contributed by atoms with Gasteiger partial charge in [0.1, 0.15) is 0 Å². The van der Waals surface area contributed by atoms with Crippen molar-refractivity contribution in [2.45, 2.75) is 117 Å². The molecule has 0 unspecified atom stereocenters. The zero-order valence-electron chi connectivity index (χ0n) is 21.0. The Bertz CT molecular complexity index is 672. The fourth-order valence-corrected chi connectivity index (χ4v) is 15.3. The van der Waals surface area contributed by atoms with Crippen LogP contribution in [0.25, 0.3) is 0 Å². The molecule has 162 valence electrons. The topological polar surface area (TPSA) is 26.3 Å². The van der Waals surface area contributed by atoms with Crippen molar-refractivity contribution in [2.75, 3.05) is 0 Å². The molecule has 0 bridgehead atoms. The molecule has 0 saturated heterocycles. The fraction of sp³-hybridized carbons (Fsp3) is 0.870. The summed E-state index contributed by atoms with van der Waals surface area (Å²) < 4.78 is 8.55. The molecule has 0 aliphatic heterocycles. The van der Waals surface area contributed by atoms with Crippen molar-refractivity contribution < 1.29 is 9.22 Å². The Labute approximate surface area is 181 Å². The average molecular weight is 530 g/mol. The minimum absolute atomic E-state index is 0.192. The summed E-state index contributed by atoms with van der Waals surface area (Å²) in [6, 6.07) is 0. The summed E-state index contributed by atoms with van der Waals surface area (Å²) in [5.74, 6) is 0.938. The number of rotatable bonds is 4. The normalized spacial score (nSPS) is 27.6. The molecule has 1 saturated carbocycles. The SMILES string of the molecule is CC(C)(C)[Si](C)(C)O[C@@H]1C2=[C]([Sn]([CH3])([CH3])[CH3])C(=O)C[C@H]2C[C@H]1[Si](C)(C)C(C)(C)C. The number of fused-ring (bicyclic) bond motifs is 1. The molecule has 0 aromatic carbocycles. The second-order valence-corrected chi connectivity index (χ2v) is 38.2. The minimum atomic E-state index is -2.50. The van der Waals surface area contributed by atoms with Crippen LogP contribution in [0.3, 0.4) is 0 Å². The molecule has 0 spiro atoms. The zero-order chi connectivity index (χ0) is 22.1. The van der Waals surface area contributed by atoms with Crippen LogP contribution < -0.4 is 0 Å². The Morgan fingerprint density at radius 3 is 1.82 bits per heavy atom. The molecule has 3 atom stereocenters. The van der Waals surface area contributed by atoms with Gasteiger partial charge in [-0.25, -0.2) is 0 Å². The van der Waals surface area contributed by atoms with Gasteiger partial charge < -0.3 is 0 Å². The van der Waals surface area contributed by atoms with Gasteiger partial charge in [-0.15, -0.1) is 0 Å². The van der Waals surface area contributed by atoms with Crippen molar-refractivity contribution in [1.82, 2.24) is 0 Å². The summed E-state index contributed by atoms with van der Waals surface area (Å²) in [5, 5.41) is 0.526. The van der Waals surface area contributed by atoms with E-state index in [1.165, 1.54) is 15.6 Å². The van der Waals surface area contributed by atoms with Crippen molar-refractivity contribution in [3.63, 3.8) is 0 Å². The quantitative estimate of drug-likeness (QED) is 0.354. The van der Waals surface area contributed by atoms with Gasteiger partial charge in [-0.05, 0) is 0 Å². The van der Waals surface area contributed by atoms with Crippen molar-refractivity contribution >= 4 is 40.6 Å².